The highest BCUT2D eigenvalue weighted by Gasteiger charge is 2.18. The maximum Gasteiger partial charge on any atom is 0.246 e. The van der Waals surface area contributed by atoms with Crippen LogP contribution in [0.2, 0.25) is 0 Å². The van der Waals surface area contributed by atoms with E-state index in [4.69, 9.17) is 5.10 Å². The number of nitrogens with zero attached hydrogens (tertiary/aromatic N) is 4. The van der Waals surface area contributed by atoms with Gasteiger partial charge in [-0.2, -0.15) is 5.10 Å². The molecule has 6 heteroatoms. The van der Waals surface area contributed by atoms with E-state index < -0.39 is 0 Å². The van der Waals surface area contributed by atoms with Crippen molar-refractivity contribution < 1.29 is 4.79 Å². The van der Waals surface area contributed by atoms with Gasteiger partial charge in [0.15, 0.2) is 11.5 Å². The maximum atomic E-state index is 12.7. The van der Waals surface area contributed by atoms with Crippen LogP contribution >= 0.6 is 0 Å². The van der Waals surface area contributed by atoms with E-state index in [2.05, 4.69) is 10.3 Å². The Morgan fingerprint density at radius 3 is 2.54 bits per heavy atom. The van der Waals surface area contributed by atoms with Gasteiger partial charge in [0.25, 0.3) is 0 Å². The van der Waals surface area contributed by atoms with Crippen LogP contribution in [0.25, 0.3) is 16.9 Å². The Bertz CT molecular complexity index is 1170. The number of aryl methyl sites for hydroxylation is 3. The number of aromatic nitrogens is 4. The van der Waals surface area contributed by atoms with E-state index in [1.807, 2.05) is 81.1 Å². The second-order valence-corrected chi connectivity index (χ2v) is 7.15. The smallest absolute Gasteiger partial charge is 0.246 e. The monoisotopic (exact) mass is 373 g/mol. The van der Waals surface area contributed by atoms with Crippen molar-refractivity contribution in [3.05, 3.63) is 71.2 Å². The Hall–Kier alpha value is -3.41. The first-order valence-electron chi connectivity index (χ1n) is 9.28. The Morgan fingerprint density at radius 2 is 1.79 bits per heavy atom. The fraction of sp³-hybridized carbons (Fsp3) is 0.227. The summed E-state index contributed by atoms with van der Waals surface area (Å²) in [5, 5.41) is 8.67. The van der Waals surface area contributed by atoms with E-state index in [-0.39, 0.29) is 12.5 Å². The molecule has 142 valence electrons. The van der Waals surface area contributed by atoms with Gasteiger partial charge in [-0.25, -0.2) is 9.67 Å². The van der Waals surface area contributed by atoms with Crippen LogP contribution in [-0.4, -0.2) is 25.2 Å². The fourth-order valence-corrected chi connectivity index (χ4v) is 3.47. The maximum absolute atomic E-state index is 12.7. The lowest BCUT2D eigenvalue weighted by atomic mass is 10.1. The van der Waals surface area contributed by atoms with E-state index in [0.717, 1.165) is 44.9 Å². The summed E-state index contributed by atoms with van der Waals surface area (Å²) in [5.74, 6) is 0.655. The number of carbonyl (C=O) groups excluding carboxylic acids is 1. The summed E-state index contributed by atoms with van der Waals surface area (Å²) >= 11 is 0. The predicted molar refractivity (Wildman–Crippen MR) is 111 cm³/mol. The SMILES string of the molecule is Cc1cc(C)c2c(-n3cccc3)nn(CC(=O)Nc3cccc(C)c3C)c2n1. The Kier molecular flexibility index (Phi) is 4.47. The van der Waals surface area contributed by atoms with Crippen molar-refractivity contribution in [1.82, 2.24) is 19.3 Å². The average Bonchev–Trinajstić information content (AvgIpc) is 3.27. The molecule has 0 atom stereocenters. The Morgan fingerprint density at radius 1 is 1.04 bits per heavy atom. The summed E-state index contributed by atoms with van der Waals surface area (Å²) < 4.78 is 3.64. The normalized spacial score (nSPS) is 11.1. The molecule has 0 radical (unpaired) electrons. The van der Waals surface area contributed by atoms with Crippen LogP contribution < -0.4 is 5.32 Å². The fourth-order valence-electron chi connectivity index (χ4n) is 3.47. The third-order valence-electron chi connectivity index (χ3n) is 5.03. The number of anilines is 1. The number of carbonyl (C=O) groups is 1. The first-order chi connectivity index (χ1) is 13.4. The van der Waals surface area contributed by atoms with Crippen LogP contribution in [0, 0.1) is 27.7 Å². The highest BCUT2D eigenvalue weighted by molar-refractivity contribution is 5.93. The first-order valence-corrected chi connectivity index (χ1v) is 9.28. The first kappa shape index (κ1) is 18.0. The second kappa shape index (κ2) is 6.96. The molecular weight excluding hydrogens is 350 g/mol. The summed E-state index contributed by atoms with van der Waals surface area (Å²) in [6, 6.07) is 11.8. The number of nitrogens with one attached hydrogen (secondary N) is 1. The summed E-state index contributed by atoms with van der Waals surface area (Å²) in [6.07, 6.45) is 3.89. The lowest BCUT2D eigenvalue weighted by Crippen LogP contribution is -2.20. The number of benzene rings is 1. The van der Waals surface area contributed by atoms with Crippen LogP contribution in [0.15, 0.2) is 48.8 Å². The molecule has 3 heterocycles. The van der Waals surface area contributed by atoms with Gasteiger partial charge in [0, 0.05) is 23.8 Å². The molecule has 0 aliphatic carbocycles. The second-order valence-electron chi connectivity index (χ2n) is 7.15. The highest BCUT2D eigenvalue weighted by Crippen LogP contribution is 2.25. The van der Waals surface area contributed by atoms with E-state index in [0.29, 0.717) is 0 Å². The molecule has 3 aromatic heterocycles. The molecule has 0 saturated carbocycles. The van der Waals surface area contributed by atoms with Crippen LogP contribution in [0.1, 0.15) is 22.4 Å². The van der Waals surface area contributed by atoms with Gasteiger partial charge in [-0.3, -0.25) is 4.79 Å². The predicted octanol–water partition coefficient (Wildman–Crippen LogP) is 4.09. The van der Waals surface area contributed by atoms with Gasteiger partial charge in [-0.15, -0.1) is 0 Å². The quantitative estimate of drug-likeness (QED) is 0.586. The van der Waals surface area contributed by atoms with Crippen molar-refractivity contribution in [1.29, 1.82) is 0 Å². The Labute approximate surface area is 163 Å². The number of fused-ring (bicyclic) bond motifs is 1. The van der Waals surface area contributed by atoms with Crippen molar-refractivity contribution in [3.8, 4) is 5.82 Å². The standard InChI is InChI=1S/C22H23N5O/c1-14-8-7-9-18(17(14)4)24-19(28)13-27-21-20(15(2)12-16(3)23-21)22(25-27)26-10-5-6-11-26/h5-12H,13H2,1-4H3,(H,24,28). The summed E-state index contributed by atoms with van der Waals surface area (Å²) in [6.45, 7) is 8.14. The van der Waals surface area contributed by atoms with E-state index in [1.54, 1.807) is 4.68 Å². The molecule has 0 spiro atoms. The van der Waals surface area contributed by atoms with Crippen LogP contribution in [0.5, 0.6) is 0 Å². The lowest BCUT2D eigenvalue weighted by Gasteiger charge is -2.10. The molecule has 1 N–H and O–H groups in total. The largest absolute Gasteiger partial charge is 0.324 e. The molecule has 0 saturated heterocycles. The highest BCUT2D eigenvalue weighted by atomic mass is 16.2. The minimum Gasteiger partial charge on any atom is -0.324 e. The van der Waals surface area contributed by atoms with Gasteiger partial charge in [-0.1, -0.05) is 12.1 Å². The number of hydrogen-bond acceptors (Lipinski definition) is 3. The van der Waals surface area contributed by atoms with Crippen molar-refractivity contribution in [3.63, 3.8) is 0 Å². The van der Waals surface area contributed by atoms with Gasteiger partial charge >= 0.3 is 0 Å². The molecule has 0 bridgehead atoms. The third-order valence-corrected chi connectivity index (χ3v) is 5.03. The van der Waals surface area contributed by atoms with Crippen molar-refractivity contribution >= 4 is 22.6 Å². The summed E-state index contributed by atoms with van der Waals surface area (Å²) in [7, 11) is 0. The van der Waals surface area contributed by atoms with Gasteiger partial charge in [0.2, 0.25) is 5.91 Å². The number of pyridine rings is 1. The molecule has 1 amide bonds. The molecule has 4 aromatic rings. The third kappa shape index (κ3) is 3.17. The van der Waals surface area contributed by atoms with Crippen molar-refractivity contribution in [2.75, 3.05) is 5.32 Å². The molecule has 4 rings (SSSR count). The molecule has 28 heavy (non-hydrogen) atoms. The van der Waals surface area contributed by atoms with Crippen LogP contribution in [-0.2, 0) is 11.3 Å². The molecular formula is C22H23N5O. The van der Waals surface area contributed by atoms with E-state index in [9.17, 15) is 4.79 Å². The zero-order chi connectivity index (χ0) is 19.8. The molecule has 0 aliphatic rings. The molecule has 0 aliphatic heterocycles. The minimum absolute atomic E-state index is 0.0983. The summed E-state index contributed by atoms with van der Waals surface area (Å²) in [5.41, 5.74) is 5.75. The van der Waals surface area contributed by atoms with Gasteiger partial charge in [0.05, 0.1) is 5.39 Å². The Balaban J connectivity index is 1.72. The zero-order valence-electron chi connectivity index (χ0n) is 16.5. The average molecular weight is 373 g/mol. The molecule has 1 aromatic carbocycles. The minimum atomic E-state index is -0.127. The number of hydrogen-bond donors (Lipinski definition) is 1. The molecule has 6 nitrogen and oxygen atoms in total. The zero-order valence-corrected chi connectivity index (χ0v) is 16.5. The number of rotatable bonds is 4. The van der Waals surface area contributed by atoms with Gasteiger partial charge in [-0.05, 0) is 68.7 Å². The summed E-state index contributed by atoms with van der Waals surface area (Å²) in [4.78, 5) is 17.4. The molecule has 0 fully saturated rings. The topological polar surface area (TPSA) is 64.7 Å². The number of amides is 1. The molecule has 0 unspecified atom stereocenters. The van der Waals surface area contributed by atoms with Crippen LogP contribution in [0.3, 0.4) is 0 Å². The van der Waals surface area contributed by atoms with E-state index in [1.165, 1.54) is 0 Å². The van der Waals surface area contributed by atoms with Crippen molar-refractivity contribution in [2.45, 2.75) is 34.2 Å². The van der Waals surface area contributed by atoms with Gasteiger partial charge < -0.3 is 9.88 Å². The van der Waals surface area contributed by atoms with E-state index >= 15 is 0 Å². The lowest BCUT2D eigenvalue weighted by molar-refractivity contribution is -0.116. The van der Waals surface area contributed by atoms with Crippen LogP contribution in [0.4, 0.5) is 5.69 Å². The van der Waals surface area contributed by atoms with Crippen molar-refractivity contribution in [2.24, 2.45) is 0 Å². The van der Waals surface area contributed by atoms with Gasteiger partial charge in [0.1, 0.15) is 6.54 Å².